The first-order valence-electron chi connectivity index (χ1n) is 8.09. The molecule has 0 fully saturated rings. The van der Waals surface area contributed by atoms with Crippen molar-refractivity contribution in [3.8, 4) is 22.6 Å². The van der Waals surface area contributed by atoms with Crippen molar-refractivity contribution in [3.63, 3.8) is 0 Å². The molecular weight excluding hydrogens is 288 g/mol. The molecule has 0 radical (unpaired) electrons. The Kier molecular flexibility index (Phi) is 4.24. The molecule has 23 heavy (non-hydrogen) atoms. The van der Waals surface area contributed by atoms with Crippen LogP contribution in [-0.2, 0) is 6.42 Å². The Labute approximate surface area is 136 Å². The van der Waals surface area contributed by atoms with Crippen molar-refractivity contribution in [2.45, 2.75) is 39.5 Å². The molecule has 0 atom stereocenters. The summed E-state index contributed by atoms with van der Waals surface area (Å²) in [7, 11) is 0. The van der Waals surface area contributed by atoms with E-state index in [4.69, 9.17) is 0 Å². The van der Waals surface area contributed by atoms with Crippen LogP contribution in [0, 0.1) is 6.92 Å². The molecule has 0 aliphatic heterocycles. The zero-order valence-electron chi connectivity index (χ0n) is 13.6. The standard InChI is InChI=1S/C19H22N2O2/c1-3-4-5-6-14-11-15(22)18(16(23)12-14)17-13(2)7-9-21-10-8-20-19(17)21/h7-12,22-23H,3-6H2,1-2H3. The largest absolute Gasteiger partial charge is 0.507 e. The maximum Gasteiger partial charge on any atom is 0.145 e. The summed E-state index contributed by atoms with van der Waals surface area (Å²) in [6, 6.07) is 5.48. The van der Waals surface area contributed by atoms with Crippen LogP contribution in [0.15, 0.2) is 36.8 Å². The molecule has 3 rings (SSSR count). The van der Waals surface area contributed by atoms with Gasteiger partial charge in [0.05, 0.1) is 5.56 Å². The number of rotatable bonds is 5. The van der Waals surface area contributed by atoms with E-state index in [0.29, 0.717) is 5.56 Å². The molecule has 4 nitrogen and oxygen atoms in total. The van der Waals surface area contributed by atoms with Crippen LogP contribution in [0.5, 0.6) is 11.5 Å². The SMILES string of the molecule is CCCCCc1cc(O)c(-c2c(C)ccn3ccnc23)c(O)c1. The van der Waals surface area contributed by atoms with Gasteiger partial charge in [-0.05, 0) is 49.1 Å². The molecule has 0 amide bonds. The second-order valence-electron chi connectivity index (χ2n) is 6.00. The van der Waals surface area contributed by atoms with E-state index in [9.17, 15) is 10.2 Å². The van der Waals surface area contributed by atoms with Crippen molar-refractivity contribution < 1.29 is 10.2 Å². The van der Waals surface area contributed by atoms with Crippen molar-refractivity contribution in [3.05, 3.63) is 47.9 Å². The monoisotopic (exact) mass is 310 g/mol. The van der Waals surface area contributed by atoms with E-state index < -0.39 is 0 Å². The first-order chi connectivity index (χ1) is 11.1. The van der Waals surface area contributed by atoms with Crippen LogP contribution in [0.1, 0.15) is 37.3 Å². The molecule has 2 N–H and O–H groups in total. The van der Waals surface area contributed by atoms with Crippen LogP contribution in [0.2, 0.25) is 0 Å². The number of hydrogen-bond acceptors (Lipinski definition) is 3. The molecule has 0 aliphatic rings. The number of nitrogens with zero attached hydrogens (tertiary/aromatic N) is 2. The van der Waals surface area contributed by atoms with Gasteiger partial charge in [0.25, 0.3) is 0 Å². The fraction of sp³-hybridized carbons (Fsp3) is 0.316. The zero-order chi connectivity index (χ0) is 16.4. The van der Waals surface area contributed by atoms with Crippen molar-refractivity contribution in [2.75, 3.05) is 0 Å². The van der Waals surface area contributed by atoms with E-state index in [-0.39, 0.29) is 11.5 Å². The first kappa shape index (κ1) is 15.4. The molecule has 0 saturated heterocycles. The van der Waals surface area contributed by atoms with Gasteiger partial charge in [0.15, 0.2) is 0 Å². The van der Waals surface area contributed by atoms with Crippen LogP contribution in [-0.4, -0.2) is 19.6 Å². The topological polar surface area (TPSA) is 57.8 Å². The van der Waals surface area contributed by atoms with E-state index in [1.165, 1.54) is 0 Å². The quantitative estimate of drug-likeness (QED) is 0.684. The maximum atomic E-state index is 10.5. The Morgan fingerprint density at radius 1 is 1.04 bits per heavy atom. The summed E-state index contributed by atoms with van der Waals surface area (Å²) in [5.74, 6) is 0.214. The minimum absolute atomic E-state index is 0.107. The average molecular weight is 310 g/mol. The van der Waals surface area contributed by atoms with Crippen LogP contribution >= 0.6 is 0 Å². The highest BCUT2D eigenvalue weighted by atomic mass is 16.3. The van der Waals surface area contributed by atoms with Crippen molar-refractivity contribution in [2.24, 2.45) is 0 Å². The van der Waals surface area contributed by atoms with E-state index >= 15 is 0 Å². The highest BCUT2D eigenvalue weighted by Crippen LogP contribution is 2.41. The normalized spacial score (nSPS) is 11.2. The summed E-state index contributed by atoms with van der Waals surface area (Å²) in [5.41, 5.74) is 3.89. The second-order valence-corrected chi connectivity index (χ2v) is 6.00. The van der Waals surface area contributed by atoms with E-state index in [2.05, 4.69) is 11.9 Å². The third-order valence-electron chi connectivity index (χ3n) is 4.25. The maximum absolute atomic E-state index is 10.5. The lowest BCUT2D eigenvalue weighted by atomic mass is 9.97. The molecule has 0 bridgehead atoms. The smallest absolute Gasteiger partial charge is 0.145 e. The van der Waals surface area contributed by atoms with Crippen LogP contribution in [0.4, 0.5) is 0 Å². The van der Waals surface area contributed by atoms with Crippen LogP contribution in [0.3, 0.4) is 0 Å². The van der Waals surface area contributed by atoms with Gasteiger partial charge in [0, 0.05) is 24.2 Å². The lowest BCUT2D eigenvalue weighted by Gasteiger charge is -2.13. The first-order valence-corrected chi connectivity index (χ1v) is 8.09. The number of imidazole rings is 1. The predicted molar refractivity (Wildman–Crippen MR) is 91.9 cm³/mol. The number of fused-ring (bicyclic) bond motifs is 1. The molecule has 2 heterocycles. The van der Waals surface area contributed by atoms with Gasteiger partial charge in [0.2, 0.25) is 0 Å². The van der Waals surface area contributed by atoms with Gasteiger partial charge in [0.1, 0.15) is 17.1 Å². The lowest BCUT2D eigenvalue weighted by molar-refractivity contribution is 0.452. The molecule has 0 unspecified atom stereocenters. The van der Waals surface area contributed by atoms with E-state index in [0.717, 1.165) is 48.0 Å². The molecular formula is C19H22N2O2. The summed E-state index contributed by atoms with van der Waals surface area (Å²) < 4.78 is 1.89. The Bertz CT molecular complexity index is 813. The molecule has 0 spiro atoms. The van der Waals surface area contributed by atoms with Gasteiger partial charge in [-0.25, -0.2) is 4.98 Å². The lowest BCUT2D eigenvalue weighted by Crippen LogP contribution is -1.94. The number of unbranched alkanes of at least 4 members (excludes halogenated alkanes) is 2. The molecule has 1 aromatic carbocycles. The number of hydrogen-bond donors (Lipinski definition) is 2. The highest BCUT2D eigenvalue weighted by Gasteiger charge is 2.18. The summed E-state index contributed by atoms with van der Waals surface area (Å²) in [4.78, 5) is 4.36. The minimum atomic E-state index is 0.107. The van der Waals surface area contributed by atoms with Crippen molar-refractivity contribution in [1.82, 2.24) is 9.38 Å². The Morgan fingerprint density at radius 2 is 1.78 bits per heavy atom. The van der Waals surface area contributed by atoms with Gasteiger partial charge < -0.3 is 14.6 Å². The molecule has 2 aromatic heterocycles. The summed E-state index contributed by atoms with van der Waals surface area (Å²) in [5, 5.41) is 21.0. The van der Waals surface area contributed by atoms with Crippen molar-refractivity contribution >= 4 is 5.65 Å². The third kappa shape index (κ3) is 2.89. The van der Waals surface area contributed by atoms with Gasteiger partial charge in [-0.15, -0.1) is 0 Å². The summed E-state index contributed by atoms with van der Waals surface area (Å²) >= 11 is 0. The number of benzene rings is 1. The number of pyridine rings is 1. The number of aromatic nitrogens is 2. The zero-order valence-corrected chi connectivity index (χ0v) is 13.6. The second kappa shape index (κ2) is 6.32. The Balaban J connectivity index is 2.09. The van der Waals surface area contributed by atoms with Gasteiger partial charge in [-0.3, -0.25) is 0 Å². The fourth-order valence-electron chi connectivity index (χ4n) is 3.04. The highest BCUT2D eigenvalue weighted by molar-refractivity contribution is 5.87. The Hall–Kier alpha value is -2.49. The number of phenolic OH excluding ortho intramolecular Hbond substituents is 2. The van der Waals surface area contributed by atoms with Crippen LogP contribution < -0.4 is 0 Å². The van der Waals surface area contributed by atoms with E-state index in [1.54, 1.807) is 18.3 Å². The number of phenols is 2. The Morgan fingerprint density at radius 3 is 2.48 bits per heavy atom. The number of aromatic hydroxyl groups is 2. The fourth-order valence-corrected chi connectivity index (χ4v) is 3.04. The molecule has 120 valence electrons. The molecule has 4 heteroatoms. The predicted octanol–water partition coefficient (Wildman–Crippen LogP) is 4.45. The van der Waals surface area contributed by atoms with Crippen molar-refractivity contribution in [1.29, 1.82) is 0 Å². The molecule has 0 saturated carbocycles. The molecule has 0 aliphatic carbocycles. The van der Waals surface area contributed by atoms with Gasteiger partial charge in [-0.2, -0.15) is 0 Å². The van der Waals surface area contributed by atoms with Gasteiger partial charge in [-0.1, -0.05) is 19.8 Å². The number of aryl methyl sites for hydroxylation is 2. The van der Waals surface area contributed by atoms with Crippen LogP contribution in [0.25, 0.3) is 16.8 Å². The van der Waals surface area contributed by atoms with Gasteiger partial charge >= 0.3 is 0 Å². The van der Waals surface area contributed by atoms with E-state index in [1.807, 2.05) is 29.8 Å². The summed E-state index contributed by atoms with van der Waals surface area (Å²) in [6.07, 6.45) is 9.71. The average Bonchev–Trinajstić information content (AvgIpc) is 2.97. The molecule has 3 aromatic rings. The third-order valence-corrected chi connectivity index (χ3v) is 4.25. The minimum Gasteiger partial charge on any atom is -0.507 e. The summed E-state index contributed by atoms with van der Waals surface area (Å²) in [6.45, 7) is 4.12.